The molecule has 0 aromatic heterocycles. The lowest BCUT2D eigenvalue weighted by Gasteiger charge is -2.32. The summed E-state index contributed by atoms with van der Waals surface area (Å²) >= 11 is 0. The summed E-state index contributed by atoms with van der Waals surface area (Å²) in [7, 11) is 3.59. The lowest BCUT2D eigenvalue weighted by molar-refractivity contribution is 0.121. The van der Waals surface area contributed by atoms with Crippen LogP contribution in [0.5, 0.6) is 11.5 Å². The number of halogens is 1. The number of benzene rings is 1. The zero-order valence-corrected chi connectivity index (χ0v) is 21.7. The molecular weight excluding hydrogens is 507 g/mol. The van der Waals surface area contributed by atoms with Crippen LogP contribution in [0, 0.1) is 5.92 Å². The lowest BCUT2D eigenvalue weighted by Crippen LogP contribution is -2.43. The molecule has 0 saturated carbocycles. The van der Waals surface area contributed by atoms with Crippen LogP contribution < -0.4 is 20.1 Å². The summed E-state index contributed by atoms with van der Waals surface area (Å²) in [5.74, 6) is 3.41. The Morgan fingerprint density at radius 1 is 1.26 bits per heavy atom. The molecule has 1 aromatic rings. The summed E-state index contributed by atoms with van der Waals surface area (Å²) in [6, 6.07) is 4.24. The predicted octanol–water partition coefficient (Wildman–Crippen LogP) is 3.05. The number of piperidine rings is 1. The van der Waals surface area contributed by atoms with E-state index in [2.05, 4.69) is 39.6 Å². The van der Waals surface area contributed by atoms with Crippen LogP contribution in [-0.4, -0.2) is 70.5 Å². The fourth-order valence-electron chi connectivity index (χ4n) is 4.18. The molecule has 2 N–H and O–H groups in total. The Morgan fingerprint density at radius 2 is 2.03 bits per heavy atom. The first-order valence-corrected chi connectivity index (χ1v) is 11.2. The number of nitrogens with zero attached hydrogens (tertiary/aromatic N) is 2. The van der Waals surface area contributed by atoms with Crippen LogP contribution in [0.25, 0.3) is 0 Å². The second-order valence-electron chi connectivity index (χ2n) is 8.22. The third-order valence-corrected chi connectivity index (χ3v) is 5.93. The second kappa shape index (κ2) is 13.3. The summed E-state index contributed by atoms with van der Waals surface area (Å²) in [6.45, 7) is 10.5. The smallest absolute Gasteiger partial charge is 0.191 e. The lowest BCUT2D eigenvalue weighted by atomic mass is 9.97. The Morgan fingerprint density at radius 3 is 2.71 bits per heavy atom. The van der Waals surface area contributed by atoms with E-state index in [0.29, 0.717) is 19.1 Å². The van der Waals surface area contributed by atoms with Crippen molar-refractivity contribution in [1.29, 1.82) is 0 Å². The van der Waals surface area contributed by atoms with Crippen molar-refractivity contribution < 1.29 is 14.2 Å². The van der Waals surface area contributed by atoms with Gasteiger partial charge in [0.05, 0.1) is 13.2 Å². The highest BCUT2D eigenvalue weighted by molar-refractivity contribution is 14.0. The molecule has 1 atom stereocenters. The fraction of sp³-hybridized carbons (Fsp3) is 0.696. The molecule has 2 aliphatic heterocycles. The highest BCUT2D eigenvalue weighted by Gasteiger charge is 2.22. The molecule has 0 bridgehead atoms. The van der Waals surface area contributed by atoms with Crippen molar-refractivity contribution in [1.82, 2.24) is 15.5 Å². The highest BCUT2D eigenvalue weighted by Crippen LogP contribution is 2.35. The molecular formula is C23H39IN4O3. The van der Waals surface area contributed by atoms with E-state index in [1.165, 1.54) is 18.4 Å². The normalized spacial score (nSPS) is 19.4. The standard InChI is InChI=1S/C23H38N4O3.HI/c1-5-29-21-13-19-12-17(2)30-22(19)14-20(21)16-26-23(24-3)25-15-18-6-8-27(9-7-18)10-11-28-4;/h13-14,17-18H,5-12,15-16H2,1-4H3,(H2,24,25,26);1H. The Balaban J connectivity index is 0.00000341. The molecule has 1 aromatic carbocycles. The molecule has 1 fully saturated rings. The van der Waals surface area contributed by atoms with Gasteiger partial charge in [-0.1, -0.05) is 0 Å². The SMILES string of the molecule is CCOc1cc2c(cc1CNC(=NC)NCC1CCN(CCOC)CC1)OC(C)C2.I. The molecule has 2 heterocycles. The van der Waals surface area contributed by atoms with Crippen molar-refractivity contribution in [3.63, 3.8) is 0 Å². The first kappa shape index (κ1) is 26.0. The van der Waals surface area contributed by atoms with Crippen molar-refractivity contribution in [2.75, 3.05) is 53.6 Å². The number of rotatable bonds is 9. The average molecular weight is 546 g/mol. The van der Waals surface area contributed by atoms with Crippen molar-refractivity contribution in [2.24, 2.45) is 10.9 Å². The van der Waals surface area contributed by atoms with Gasteiger partial charge in [0, 0.05) is 51.3 Å². The molecule has 0 spiro atoms. The summed E-state index contributed by atoms with van der Waals surface area (Å²) in [4.78, 5) is 6.88. The van der Waals surface area contributed by atoms with E-state index in [9.17, 15) is 0 Å². The molecule has 8 heteroatoms. The number of aliphatic imine (C=N–C) groups is 1. The Bertz CT molecular complexity index is 708. The highest BCUT2D eigenvalue weighted by atomic mass is 127. The van der Waals surface area contributed by atoms with Crippen LogP contribution in [0.1, 0.15) is 37.8 Å². The number of likely N-dealkylation sites (tertiary alicyclic amines) is 1. The maximum Gasteiger partial charge on any atom is 0.191 e. The van der Waals surface area contributed by atoms with E-state index < -0.39 is 0 Å². The molecule has 0 aliphatic carbocycles. The maximum absolute atomic E-state index is 5.93. The zero-order valence-electron chi connectivity index (χ0n) is 19.4. The minimum Gasteiger partial charge on any atom is -0.494 e. The van der Waals surface area contributed by atoms with E-state index in [1.54, 1.807) is 7.11 Å². The Hall–Kier alpha value is -1.26. The molecule has 7 nitrogen and oxygen atoms in total. The molecule has 176 valence electrons. The van der Waals surface area contributed by atoms with E-state index >= 15 is 0 Å². The molecule has 2 aliphatic rings. The van der Waals surface area contributed by atoms with Crippen molar-refractivity contribution in [3.05, 3.63) is 23.3 Å². The third-order valence-electron chi connectivity index (χ3n) is 5.93. The average Bonchev–Trinajstić information content (AvgIpc) is 3.12. The van der Waals surface area contributed by atoms with Gasteiger partial charge in [-0.15, -0.1) is 24.0 Å². The van der Waals surface area contributed by atoms with Crippen LogP contribution in [-0.2, 0) is 17.7 Å². The monoisotopic (exact) mass is 546 g/mol. The molecule has 1 unspecified atom stereocenters. The fourth-order valence-corrected chi connectivity index (χ4v) is 4.18. The Labute approximate surface area is 204 Å². The van der Waals surface area contributed by atoms with E-state index in [4.69, 9.17) is 14.2 Å². The van der Waals surface area contributed by atoms with Crippen LogP contribution in [0.2, 0.25) is 0 Å². The predicted molar refractivity (Wildman–Crippen MR) is 136 cm³/mol. The van der Waals surface area contributed by atoms with Crippen molar-refractivity contribution >= 4 is 29.9 Å². The van der Waals surface area contributed by atoms with Gasteiger partial charge in [0.15, 0.2) is 5.96 Å². The topological polar surface area (TPSA) is 67.4 Å². The molecule has 3 rings (SSSR count). The summed E-state index contributed by atoms with van der Waals surface area (Å²) < 4.78 is 17.0. The van der Waals surface area contributed by atoms with E-state index in [1.807, 2.05) is 14.0 Å². The summed E-state index contributed by atoms with van der Waals surface area (Å²) in [5, 5.41) is 6.94. The minimum absolute atomic E-state index is 0. The van der Waals surface area contributed by atoms with Crippen LogP contribution in [0.15, 0.2) is 17.1 Å². The van der Waals surface area contributed by atoms with Crippen molar-refractivity contribution in [3.8, 4) is 11.5 Å². The largest absolute Gasteiger partial charge is 0.494 e. The third kappa shape index (κ3) is 7.68. The van der Waals surface area contributed by atoms with Gasteiger partial charge in [-0.2, -0.15) is 0 Å². The van der Waals surface area contributed by atoms with Crippen LogP contribution in [0.4, 0.5) is 0 Å². The first-order chi connectivity index (χ1) is 14.6. The van der Waals surface area contributed by atoms with Gasteiger partial charge >= 0.3 is 0 Å². The van der Waals surface area contributed by atoms with Gasteiger partial charge in [0.25, 0.3) is 0 Å². The number of ether oxygens (including phenoxy) is 3. The number of fused-ring (bicyclic) bond motifs is 1. The van der Waals surface area contributed by atoms with Gasteiger partial charge in [-0.3, -0.25) is 4.99 Å². The number of nitrogens with one attached hydrogen (secondary N) is 2. The van der Waals surface area contributed by atoms with E-state index in [-0.39, 0.29) is 30.1 Å². The molecule has 31 heavy (non-hydrogen) atoms. The van der Waals surface area contributed by atoms with Gasteiger partial charge in [-0.05, 0) is 57.8 Å². The van der Waals surface area contributed by atoms with E-state index in [0.717, 1.165) is 62.2 Å². The molecule has 1 saturated heterocycles. The van der Waals surface area contributed by atoms with Crippen molar-refractivity contribution in [2.45, 2.75) is 45.8 Å². The molecule has 0 radical (unpaired) electrons. The zero-order chi connectivity index (χ0) is 21.3. The maximum atomic E-state index is 5.93. The summed E-state index contributed by atoms with van der Waals surface area (Å²) in [5.41, 5.74) is 2.33. The summed E-state index contributed by atoms with van der Waals surface area (Å²) in [6.07, 6.45) is 3.59. The second-order valence-corrected chi connectivity index (χ2v) is 8.22. The quantitative estimate of drug-likeness (QED) is 0.282. The number of hydrogen-bond donors (Lipinski definition) is 2. The van der Waals surface area contributed by atoms with Gasteiger partial charge in [-0.25, -0.2) is 0 Å². The van der Waals surface area contributed by atoms with Crippen LogP contribution in [0.3, 0.4) is 0 Å². The number of methoxy groups -OCH3 is 1. The Kier molecular flexibility index (Phi) is 11.2. The van der Waals surface area contributed by atoms with Gasteiger partial charge < -0.3 is 29.7 Å². The van der Waals surface area contributed by atoms with Gasteiger partial charge in [0.2, 0.25) is 0 Å². The number of guanidine groups is 1. The van der Waals surface area contributed by atoms with Crippen LogP contribution >= 0.6 is 24.0 Å². The minimum atomic E-state index is 0. The first-order valence-electron chi connectivity index (χ1n) is 11.2. The number of hydrogen-bond acceptors (Lipinski definition) is 5. The van der Waals surface area contributed by atoms with Gasteiger partial charge in [0.1, 0.15) is 17.6 Å². The molecule has 0 amide bonds.